The molecule has 4 heteroatoms. The van der Waals surface area contributed by atoms with Crippen LogP contribution in [0.5, 0.6) is 0 Å². The van der Waals surface area contributed by atoms with E-state index in [1.54, 1.807) is 0 Å². The normalized spacial score (nSPS) is 29.4. The fourth-order valence-corrected chi connectivity index (χ4v) is 3.66. The van der Waals surface area contributed by atoms with E-state index in [1.807, 2.05) is 13.8 Å². The summed E-state index contributed by atoms with van der Waals surface area (Å²) in [6.07, 6.45) is 0. The maximum atomic E-state index is 9.41. The van der Waals surface area contributed by atoms with E-state index in [1.165, 1.54) is 0 Å². The zero-order valence-electron chi connectivity index (χ0n) is 11.8. The largest absolute Gasteiger partial charge is 0.367 e. The molecule has 0 saturated carbocycles. The second-order valence-corrected chi connectivity index (χ2v) is 5.83. The average molecular weight is 256 g/mol. The van der Waals surface area contributed by atoms with Crippen LogP contribution in [-0.4, -0.2) is 30.7 Å². The molecule has 19 heavy (non-hydrogen) atoms. The Bertz CT molecular complexity index is 546. The summed E-state index contributed by atoms with van der Waals surface area (Å²) in [6, 6.07) is 4.89. The fourth-order valence-electron chi connectivity index (χ4n) is 3.66. The van der Waals surface area contributed by atoms with E-state index in [0.29, 0.717) is 12.0 Å². The summed E-state index contributed by atoms with van der Waals surface area (Å²) in [5, 5.41) is 12.9. The van der Waals surface area contributed by atoms with E-state index < -0.39 is 0 Å². The lowest BCUT2D eigenvalue weighted by molar-refractivity contribution is 0.471. The number of rotatable bonds is 1. The minimum atomic E-state index is 0.494. The first-order valence-electron chi connectivity index (χ1n) is 6.97. The summed E-state index contributed by atoms with van der Waals surface area (Å²) >= 11 is 0. The monoisotopic (exact) mass is 256 g/mol. The van der Waals surface area contributed by atoms with E-state index in [4.69, 9.17) is 0 Å². The predicted molar refractivity (Wildman–Crippen MR) is 75.1 cm³/mol. The molecule has 0 aliphatic carbocycles. The Morgan fingerprint density at radius 3 is 2.89 bits per heavy atom. The van der Waals surface area contributed by atoms with Crippen molar-refractivity contribution in [3.8, 4) is 6.07 Å². The van der Waals surface area contributed by atoms with Crippen molar-refractivity contribution in [1.29, 1.82) is 5.26 Å². The van der Waals surface area contributed by atoms with Crippen LogP contribution in [0.2, 0.25) is 0 Å². The molecular formula is C15H20N4. The Balaban J connectivity index is 2.01. The van der Waals surface area contributed by atoms with E-state index in [9.17, 15) is 5.26 Å². The van der Waals surface area contributed by atoms with Gasteiger partial charge in [0.1, 0.15) is 6.07 Å². The molecule has 100 valence electrons. The van der Waals surface area contributed by atoms with Gasteiger partial charge in [-0.15, -0.1) is 0 Å². The molecule has 1 aromatic rings. The molecule has 2 saturated heterocycles. The van der Waals surface area contributed by atoms with Crippen molar-refractivity contribution in [2.75, 3.05) is 24.5 Å². The number of nitrogens with zero attached hydrogens (tertiary/aromatic N) is 3. The number of hydrogen-bond acceptors (Lipinski definition) is 4. The Labute approximate surface area is 114 Å². The third-order valence-corrected chi connectivity index (χ3v) is 4.66. The van der Waals surface area contributed by atoms with Gasteiger partial charge in [-0.05, 0) is 38.7 Å². The molecule has 1 aromatic heterocycles. The van der Waals surface area contributed by atoms with Crippen molar-refractivity contribution in [2.24, 2.45) is 11.8 Å². The molecule has 3 heterocycles. The summed E-state index contributed by atoms with van der Waals surface area (Å²) in [4.78, 5) is 6.83. The first kappa shape index (κ1) is 12.4. The molecule has 0 amide bonds. The average Bonchev–Trinajstić information content (AvgIpc) is 2.92. The fraction of sp³-hybridized carbons (Fsp3) is 0.600. The minimum absolute atomic E-state index is 0.494. The highest BCUT2D eigenvalue weighted by molar-refractivity contribution is 5.63. The zero-order chi connectivity index (χ0) is 13.6. The zero-order valence-corrected chi connectivity index (χ0v) is 11.8. The van der Waals surface area contributed by atoms with Crippen LogP contribution in [0.25, 0.3) is 0 Å². The van der Waals surface area contributed by atoms with E-state index in [0.717, 1.165) is 48.2 Å². The van der Waals surface area contributed by atoms with Crippen molar-refractivity contribution in [2.45, 2.75) is 26.8 Å². The maximum Gasteiger partial charge on any atom is 0.103 e. The summed E-state index contributed by atoms with van der Waals surface area (Å²) in [7, 11) is 0. The van der Waals surface area contributed by atoms with Gasteiger partial charge in [-0.3, -0.25) is 4.98 Å². The van der Waals surface area contributed by atoms with Crippen molar-refractivity contribution in [1.82, 2.24) is 10.3 Å². The quantitative estimate of drug-likeness (QED) is 0.829. The van der Waals surface area contributed by atoms with Gasteiger partial charge in [-0.25, -0.2) is 0 Å². The molecule has 2 aliphatic rings. The number of nitriles is 1. The lowest BCUT2D eigenvalue weighted by Crippen LogP contribution is -2.34. The molecule has 2 aliphatic heterocycles. The Kier molecular flexibility index (Phi) is 2.94. The highest BCUT2D eigenvalue weighted by Crippen LogP contribution is 2.37. The number of aromatic nitrogens is 1. The molecule has 0 aromatic carbocycles. The van der Waals surface area contributed by atoms with Crippen molar-refractivity contribution in [3.05, 3.63) is 23.0 Å². The number of aryl methyl sites for hydroxylation is 2. The molecule has 1 N–H and O–H groups in total. The Morgan fingerprint density at radius 1 is 1.42 bits per heavy atom. The second kappa shape index (κ2) is 4.50. The summed E-state index contributed by atoms with van der Waals surface area (Å²) in [5.41, 5.74) is 3.66. The molecule has 4 nitrogen and oxygen atoms in total. The molecule has 0 bridgehead atoms. The number of pyridine rings is 1. The van der Waals surface area contributed by atoms with Crippen molar-refractivity contribution < 1.29 is 0 Å². The third kappa shape index (κ3) is 1.89. The first-order chi connectivity index (χ1) is 9.11. The SMILES string of the molecule is Cc1cc(N2CC3CNCC3C2C)c(C#N)c(C)n1. The summed E-state index contributed by atoms with van der Waals surface area (Å²) < 4.78 is 0. The smallest absolute Gasteiger partial charge is 0.103 e. The molecule has 3 atom stereocenters. The van der Waals surface area contributed by atoms with Gasteiger partial charge in [0.15, 0.2) is 0 Å². The number of fused-ring (bicyclic) bond motifs is 1. The molecule has 2 fully saturated rings. The van der Waals surface area contributed by atoms with E-state index in [-0.39, 0.29) is 0 Å². The predicted octanol–water partition coefficient (Wildman–Crippen LogP) is 1.61. The van der Waals surface area contributed by atoms with Crippen LogP contribution in [0.15, 0.2) is 6.07 Å². The van der Waals surface area contributed by atoms with Crippen LogP contribution in [0.3, 0.4) is 0 Å². The van der Waals surface area contributed by atoms with Gasteiger partial charge in [0.25, 0.3) is 0 Å². The Hall–Kier alpha value is -1.60. The molecule has 0 radical (unpaired) electrons. The number of nitrogens with one attached hydrogen (secondary N) is 1. The molecule has 3 rings (SSSR count). The second-order valence-electron chi connectivity index (χ2n) is 5.83. The van der Waals surface area contributed by atoms with Crippen LogP contribution in [-0.2, 0) is 0 Å². The maximum absolute atomic E-state index is 9.41. The third-order valence-electron chi connectivity index (χ3n) is 4.66. The van der Waals surface area contributed by atoms with E-state index >= 15 is 0 Å². The van der Waals surface area contributed by atoms with Gasteiger partial charge in [-0.2, -0.15) is 5.26 Å². The van der Waals surface area contributed by atoms with Crippen LogP contribution >= 0.6 is 0 Å². The van der Waals surface area contributed by atoms with Crippen LogP contribution < -0.4 is 10.2 Å². The number of hydrogen-bond donors (Lipinski definition) is 1. The van der Waals surface area contributed by atoms with Crippen LogP contribution in [0, 0.1) is 37.0 Å². The minimum Gasteiger partial charge on any atom is -0.367 e. The van der Waals surface area contributed by atoms with Gasteiger partial charge in [-0.1, -0.05) is 0 Å². The highest BCUT2D eigenvalue weighted by Gasteiger charge is 2.42. The first-order valence-corrected chi connectivity index (χ1v) is 6.97. The van der Waals surface area contributed by atoms with Gasteiger partial charge in [0.2, 0.25) is 0 Å². The lowest BCUT2D eigenvalue weighted by atomic mass is 9.95. The van der Waals surface area contributed by atoms with Crippen LogP contribution in [0.4, 0.5) is 5.69 Å². The molecular weight excluding hydrogens is 236 g/mol. The summed E-state index contributed by atoms with van der Waals surface area (Å²) in [6.45, 7) is 9.48. The van der Waals surface area contributed by atoms with Crippen LogP contribution in [0.1, 0.15) is 23.9 Å². The van der Waals surface area contributed by atoms with Crippen molar-refractivity contribution in [3.63, 3.8) is 0 Å². The van der Waals surface area contributed by atoms with E-state index in [2.05, 4.69) is 34.3 Å². The number of anilines is 1. The summed E-state index contributed by atoms with van der Waals surface area (Å²) in [5.74, 6) is 1.43. The highest BCUT2D eigenvalue weighted by atomic mass is 15.2. The van der Waals surface area contributed by atoms with Gasteiger partial charge in [0, 0.05) is 31.4 Å². The van der Waals surface area contributed by atoms with Gasteiger partial charge < -0.3 is 10.2 Å². The Morgan fingerprint density at radius 2 is 2.21 bits per heavy atom. The standard InChI is InChI=1S/C15H20N4/c1-9-4-15(13(5-16)10(2)18-9)19-8-12-6-17-7-14(12)11(19)3/h4,11-12,14,17H,6-8H2,1-3H3. The van der Waals surface area contributed by atoms with Crippen molar-refractivity contribution >= 4 is 5.69 Å². The lowest BCUT2D eigenvalue weighted by Gasteiger charge is -2.28. The van der Waals surface area contributed by atoms with Gasteiger partial charge in [0.05, 0.1) is 16.9 Å². The van der Waals surface area contributed by atoms with Gasteiger partial charge >= 0.3 is 0 Å². The molecule has 0 spiro atoms. The molecule has 3 unspecified atom stereocenters. The topological polar surface area (TPSA) is 52.0 Å².